The fourth-order valence-electron chi connectivity index (χ4n) is 2.19. The maximum atomic E-state index is 13.3. The number of nitrogens with zero attached hydrogens (tertiary/aromatic N) is 1. The number of hydrogen-bond acceptors (Lipinski definition) is 3. The molecule has 1 aliphatic rings. The zero-order chi connectivity index (χ0) is 13.1. The van der Waals surface area contributed by atoms with Gasteiger partial charge in [0, 0.05) is 31.7 Å². The molecule has 0 radical (unpaired) electrons. The lowest BCUT2D eigenvalue weighted by Gasteiger charge is -2.34. The second-order valence-corrected chi connectivity index (χ2v) is 5.04. The number of benzene rings is 1. The van der Waals surface area contributed by atoms with E-state index < -0.39 is 12.7 Å². The maximum Gasteiger partial charge on any atom is 0.140 e. The van der Waals surface area contributed by atoms with Gasteiger partial charge in [0.15, 0.2) is 0 Å². The second-order valence-electron chi connectivity index (χ2n) is 4.26. The quantitative estimate of drug-likeness (QED) is 0.899. The van der Waals surface area contributed by atoms with E-state index in [1.807, 2.05) is 4.90 Å². The first-order chi connectivity index (χ1) is 8.65. The van der Waals surface area contributed by atoms with E-state index in [4.69, 9.17) is 23.2 Å². The zero-order valence-corrected chi connectivity index (χ0v) is 11.3. The molecule has 0 aliphatic carbocycles. The van der Waals surface area contributed by atoms with Crippen LogP contribution in [-0.2, 0) is 0 Å². The van der Waals surface area contributed by atoms with Crippen LogP contribution in [0.4, 0.5) is 4.39 Å². The van der Waals surface area contributed by atoms with Crippen molar-refractivity contribution in [2.45, 2.75) is 6.04 Å². The van der Waals surface area contributed by atoms with Crippen LogP contribution in [0.3, 0.4) is 0 Å². The van der Waals surface area contributed by atoms with E-state index in [1.54, 1.807) is 12.1 Å². The molecule has 1 saturated heterocycles. The first-order valence-electron chi connectivity index (χ1n) is 5.82. The molecule has 0 amide bonds. The Hall–Kier alpha value is -0.550. The largest absolute Gasteiger partial charge is 0.506 e. The van der Waals surface area contributed by atoms with Crippen LogP contribution in [-0.4, -0.2) is 42.9 Å². The first kappa shape index (κ1) is 13.9. The average molecular weight is 293 g/mol. The van der Waals surface area contributed by atoms with Crippen molar-refractivity contribution in [3.8, 4) is 5.75 Å². The number of alkyl halides is 1. The number of phenols is 1. The third-order valence-corrected chi connectivity index (χ3v) is 3.99. The maximum absolute atomic E-state index is 13.3. The number of rotatable bonds is 3. The number of aromatic hydroxyl groups is 1. The Labute approximate surface area is 115 Å². The average Bonchev–Trinajstić information content (AvgIpc) is 2.41. The fourth-order valence-corrected chi connectivity index (χ4v) is 2.52. The van der Waals surface area contributed by atoms with Crippen LogP contribution in [0, 0.1) is 0 Å². The Bertz CT molecular complexity index is 425. The second kappa shape index (κ2) is 6.06. The molecule has 2 N–H and O–H groups in total. The van der Waals surface area contributed by atoms with E-state index in [9.17, 15) is 9.50 Å². The monoisotopic (exact) mass is 292 g/mol. The van der Waals surface area contributed by atoms with Crippen molar-refractivity contribution in [2.24, 2.45) is 0 Å². The van der Waals surface area contributed by atoms with Crippen molar-refractivity contribution < 1.29 is 9.50 Å². The Kier molecular flexibility index (Phi) is 4.67. The Morgan fingerprint density at radius 3 is 2.61 bits per heavy atom. The van der Waals surface area contributed by atoms with Gasteiger partial charge in [0.25, 0.3) is 0 Å². The van der Waals surface area contributed by atoms with Gasteiger partial charge >= 0.3 is 0 Å². The topological polar surface area (TPSA) is 35.5 Å². The number of nitrogens with one attached hydrogen (secondary N) is 1. The van der Waals surface area contributed by atoms with E-state index in [-0.39, 0.29) is 15.8 Å². The summed E-state index contributed by atoms with van der Waals surface area (Å²) in [6.45, 7) is 2.56. The fraction of sp³-hybridized carbons (Fsp3) is 0.500. The zero-order valence-electron chi connectivity index (χ0n) is 9.80. The highest BCUT2D eigenvalue weighted by Crippen LogP contribution is 2.38. The van der Waals surface area contributed by atoms with E-state index in [2.05, 4.69) is 5.32 Å². The summed E-state index contributed by atoms with van der Waals surface area (Å²) in [6, 6.07) is 2.75. The van der Waals surface area contributed by atoms with Gasteiger partial charge in [0.05, 0.1) is 11.1 Å². The molecule has 0 unspecified atom stereocenters. The molecule has 0 bridgehead atoms. The molecule has 1 aromatic rings. The van der Waals surface area contributed by atoms with E-state index >= 15 is 0 Å². The molecule has 0 aromatic heterocycles. The van der Waals surface area contributed by atoms with Crippen LogP contribution >= 0.6 is 23.2 Å². The molecule has 100 valence electrons. The predicted octanol–water partition coefficient (Wildman–Crippen LogP) is 2.61. The van der Waals surface area contributed by atoms with Gasteiger partial charge in [-0.05, 0) is 6.07 Å². The normalized spacial score (nSPS) is 18.8. The molecule has 18 heavy (non-hydrogen) atoms. The molecular formula is C12H15Cl2FN2O. The minimum absolute atomic E-state index is 0.0859. The minimum Gasteiger partial charge on any atom is -0.506 e. The summed E-state index contributed by atoms with van der Waals surface area (Å²) >= 11 is 11.7. The molecular weight excluding hydrogens is 278 g/mol. The molecule has 1 aromatic carbocycles. The van der Waals surface area contributed by atoms with Gasteiger partial charge < -0.3 is 10.4 Å². The van der Waals surface area contributed by atoms with Crippen LogP contribution in [0.15, 0.2) is 12.1 Å². The van der Waals surface area contributed by atoms with Crippen LogP contribution in [0.2, 0.25) is 10.0 Å². The lowest BCUT2D eigenvalue weighted by Crippen LogP contribution is -2.45. The van der Waals surface area contributed by atoms with Gasteiger partial charge in [-0.15, -0.1) is 0 Å². The van der Waals surface area contributed by atoms with Crippen LogP contribution < -0.4 is 5.32 Å². The lowest BCUT2D eigenvalue weighted by molar-refractivity contribution is 0.145. The SMILES string of the molecule is Oc1c([C@@H](CF)N2CCNCC2)ccc(Cl)c1Cl. The van der Waals surface area contributed by atoms with Gasteiger partial charge in [-0.25, -0.2) is 4.39 Å². The van der Waals surface area contributed by atoms with Gasteiger partial charge in [-0.3, -0.25) is 4.90 Å². The van der Waals surface area contributed by atoms with E-state index in [1.165, 1.54) is 0 Å². The molecule has 1 fully saturated rings. The highest BCUT2D eigenvalue weighted by molar-refractivity contribution is 6.43. The number of halogens is 3. The Balaban J connectivity index is 2.29. The highest BCUT2D eigenvalue weighted by Gasteiger charge is 2.25. The molecule has 1 heterocycles. The van der Waals surface area contributed by atoms with Gasteiger partial charge in [-0.2, -0.15) is 0 Å². The van der Waals surface area contributed by atoms with E-state index in [0.29, 0.717) is 5.56 Å². The standard InChI is InChI=1S/C12H15Cl2FN2O/c13-9-2-1-8(12(18)11(9)14)10(7-15)17-5-3-16-4-6-17/h1-2,10,16,18H,3-7H2/t10-/m1/s1. The van der Waals surface area contributed by atoms with Crippen LogP contribution in [0.25, 0.3) is 0 Å². The number of hydrogen-bond donors (Lipinski definition) is 2. The van der Waals surface area contributed by atoms with Crippen LogP contribution in [0.1, 0.15) is 11.6 Å². The molecule has 1 aliphatic heterocycles. The summed E-state index contributed by atoms with van der Waals surface area (Å²) < 4.78 is 13.3. The minimum atomic E-state index is -0.564. The van der Waals surface area contributed by atoms with Crippen molar-refractivity contribution in [3.05, 3.63) is 27.7 Å². The Morgan fingerprint density at radius 1 is 1.33 bits per heavy atom. The van der Waals surface area contributed by atoms with Gasteiger partial charge in [-0.1, -0.05) is 29.3 Å². The van der Waals surface area contributed by atoms with Gasteiger partial charge in [0.2, 0.25) is 0 Å². The summed E-state index contributed by atoms with van der Waals surface area (Å²) in [4.78, 5) is 2.00. The van der Waals surface area contributed by atoms with Crippen molar-refractivity contribution >= 4 is 23.2 Å². The molecule has 2 rings (SSSR count). The smallest absolute Gasteiger partial charge is 0.140 e. The molecule has 6 heteroatoms. The number of phenolic OH excluding ortho intramolecular Hbond substituents is 1. The third-order valence-electron chi connectivity index (χ3n) is 3.20. The first-order valence-corrected chi connectivity index (χ1v) is 6.58. The molecule has 0 saturated carbocycles. The number of piperazine rings is 1. The van der Waals surface area contributed by atoms with Crippen molar-refractivity contribution in [3.63, 3.8) is 0 Å². The molecule has 1 atom stereocenters. The van der Waals surface area contributed by atoms with Crippen molar-refractivity contribution in [1.82, 2.24) is 10.2 Å². The summed E-state index contributed by atoms with van der Waals surface area (Å²) in [7, 11) is 0. The molecule has 0 spiro atoms. The van der Waals surface area contributed by atoms with Crippen molar-refractivity contribution in [1.29, 1.82) is 0 Å². The highest BCUT2D eigenvalue weighted by atomic mass is 35.5. The van der Waals surface area contributed by atoms with E-state index in [0.717, 1.165) is 26.2 Å². The van der Waals surface area contributed by atoms with Gasteiger partial charge in [0.1, 0.15) is 17.4 Å². The molecule has 3 nitrogen and oxygen atoms in total. The summed E-state index contributed by atoms with van der Waals surface area (Å²) in [5.74, 6) is -0.120. The summed E-state index contributed by atoms with van der Waals surface area (Å²) in [5, 5.41) is 13.6. The summed E-state index contributed by atoms with van der Waals surface area (Å²) in [6.07, 6.45) is 0. The third kappa shape index (κ3) is 2.72. The predicted molar refractivity (Wildman–Crippen MR) is 71.3 cm³/mol. The van der Waals surface area contributed by atoms with Crippen LogP contribution in [0.5, 0.6) is 5.75 Å². The summed E-state index contributed by atoms with van der Waals surface area (Å²) in [5.41, 5.74) is 0.494. The lowest BCUT2D eigenvalue weighted by atomic mass is 10.0. The Morgan fingerprint density at radius 2 is 2.00 bits per heavy atom. The van der Waals surface area contributed by atoms with Crippen molar-refractivity contribution in [2.75, 3.05) is 32.9 Å².